The second-order valence-electron chi connectivity index (χ2n) is 7.24. The van der Waals surface area contributed by atoms with E-state index in [1.807, 2.05) is 7.05 Å². The van der Waals surface area contributed by atoms with Crippen LogP contribution in [0, 0.1) is 0 Å². The van der Waals surface area contributed by atoms with E-state index in [4.69, 9.17) is 0 Å². The van der Waals surface area contributed by atoms with Gasteiger partial charge in [-0.25, -0.2) is 0 Å². The molecule has 27 heavy (non-hydrogen) atoms. The maximum Gasteiger partial charge on any atom is 0.194 e. The highest BCUT2D eigenvalue weighted by Gasteiger charge is 2.26. The van der Waals surface area contributed by atoms with Crippen LogP contribution in [0.15, 0.2) is 35.3 Å². The number of aromatic nitrogens is 3. The topological polar surface area (TPSA) is 58.3 Å². The lowest BCUT2D eigenvalue weighted by Gasteiger charge is -2.21. The molecule has 0 aliphatic carbocycles. The van der Waals surface area contributed by atoms with Gasteiger partial charge in [-0.1, -0.05) is 36.8 Å². The van der Waals surface area contributed by atoms with Crippen molar-refractivity contribution in [3.05, 3.63) is 47.5 Å². The van der Waals surface area contributed by atoms with E-state index >= 15 is 0 Å². The van der Waals surface area contributed by atoms with Gasteiger partial charge >= 0.3 is 0 Å². The molecule has 6 nitrogen and oxygen atoms in total. The van der Waals surface area contributed by atoms with Gasteiger partial charge in [-0.15, -0.1) is 34.2 Å². The van der Waals surface area contributed by atoms with E-state index in [1.165, 1.54) is 31.2 Å². The highest BCUT2D eigenvalue weighted by atomic mass is 127. The third-order valence-electron chi connectivity index (χ3n) is 5.56. The standard InChI is InChI=1S/C20H28N6.HI/c1-21-20(25-13-11-17(15-25)16-8-4-2-5-9-16)22-14-19-24-23-18-10-6-3-7-12-26(18)19;/h2,4-5,8-9,17H,3,6-7,10-15H2,1H3,(H,21,22);1H. The van der Waals surface area contributed by atoms with Crippen molar-refractivity contribution in [1.82, 2.24) is 25.0 Å². The molecule has 2 aliphatic rings. The SMILES string of the molecule is CN=C(NCc1nnc2n1CCCCC2)N1CCC(c2ccccc2)C1.I. The fraction of sp³-hybridized carbons (Fsp3) is 0.550. The number of aryl methyl sites for hydroxylation is 1. The fourth-order valence-electron chi connectivity index (χ4n) is 4.12. The largest absolute Gasteiger partial charge is 0.349 e. The number of nitrogens with zero attached hydrogens (tertiary/aromatic N) is 5. The zero-order valence-electron chi connectivity index (χ0n) is 16.0. The first kappa shape index (κ1) is 20.1. The second-order valence-corrected chi connectivity index (χ2v) is 7.24. The quantitative estimate of drug-likeness (QED) is 0.417. The summed E-state index contributed by atoms with van der Waals surface area (Å²) in [7, 11) is 1.86. The molecule has 0 spiro atoms. The van der Waals surface area contributed by atoms with Crippen LogP contribution in [0.25, 0.3) is 0 Å². The average Bonchev–Trinajstić information content (AvgIpc) is 3.25. The van der Waals surface area contributed by atoms with Crippen molar-refractivity contribution in [2.24, 2.45) is 4.99 Å². The van der Waals surface area contributed by atoms with Crippen LogP contribution in [0.5, 0.6) is 0 Å². The predicted octanol–water partition coefficient (Wildman–Crippen LogP) is 3.19. The maximum absolute atomic E-state index is 4.50. The van der Waals surface area contributed by atoms with Crippen LogP contribution in [0.2, 0.25) is 0 Å². The molecule has 1 aromatic heterocycles. The molecule has 1 unspecified atom stereocenters. The first-order valence-corrected chi connectivity index (χ1v) is 9.76. The normalized spacial score (nSPS) is 20.0. The van der Waals surface area contributed by atoms with E-state index < -0.39 is 0 Å². The minimum absolute atomic E-state index is 0. The molecule has 0 amide bonds. The van der Waals surface area contributed by atoms with Crippen LogP contribution in [0.1, 0.15) is 48.8 Å². The van der Waals surface area contributed by atoms with E-state index in [0.29, 0.717) is 12.5 Å². The fourth-order valence-corrected chi connectivity index (χ4v) is 4.12. The Morgan fingerprint density at radius 2 is 2.00 bits per heavy atom. The Morgan fingerprint density at radius 1 is 1.15 bits per heavy atom. The number of nitrogens with one attached hydrogen (secondary N) is 1. The van der Waals surface area contributed by atoms with E-state index in [1.54, 1.807) is 0 Å². The third-order valence-corrected chi connectivity index (χ3v) is 5.56. The van der Waals surface area contributed by atoms with Gasteiger partial charge in [0.1, 0.15) is 5.82 Å². The van der Waals surface area contributed by atoms with Gasteiger partial charge in [0, 0.05) is 39.0 Å². The summed E-state index contributed by atoms with van der Waals surface area (Å²) in [5.74, 6) is 3.72. The number of fused-ring (bicyclic) bond motifs is 1. The number of aliphatic imine (C=N–C) groups is 1. The number of guanidine groups is 1. The van der Waals surface area contributed by atoms with Crippen molar-refractivity contribution in [1.29, 1.82) is 0 Å². The molecule has 4 rings (SSSR count). The molecule has 1 N–H and O–H groups in total. The van der Waals surface area contributed by atoms with Crippen LogP contribution in [0.4, 0.5) is 0 Å². The molecule has 3 heterocycles. The summed E-state index contributed by atoms with van der Waals surface area (Å²) in [6, 6.07) is 10.8. The van der Waals surface area contributed by atoms with E-state index in [-0.39, 0.29) is 24.0 Å². The van der Waals surface area contributed by atoms with Gasteiger partial charge in [0.15, 0.2) is 11.8 Å². The number of hydrogen-bond acceptors (Lipinski definition) is 3. The Balaban J connectivity index is 0.00000210. The van der Waals surface area contributed by atoms with Gasteiger partial charge in [-0.05, 0) is 24.8 Å². The smallest absolute Gasteiger partial charge is 0.194 e. The molecular weight excluding hydrogens is 451 g/mol. The zero-order chi connectivity index (χ0) is 17.8. The van der Waals surface area contributed by atoms with Crippen molar-refractivity contribution in [2.75, 3.05) is 20.1 Å². The Kier molecular flexibility index (Phi) is 7.09. The molecule has 0 saturated carbocycles. The lowest BCUT2D eigenvalue weighted by molar-refractivity contribution is 0.481. The zero-order valence-corrected chi connectivity index (χ0v) is 18.3. The molecule has 0 bridgehead atoms. The van der Waals surface area contributed by atoms with Gasteiger partial charge in [0.05, 0.1) is 6.54 Å². The first-order valence-electron chi connectivity index (χ1n) is 9.76. The number of likely N-dealkylation sites (tertiary alicyclic amines) is 1. The molecule has 146 valence electrons. The Hall–Kier alpha value is -1.64. The molecular formula is C20H29IN6. The van der Waals surface area contributed by atoms with Crippen LogP contribution in [0.3, 0.4) is 0 Å². The summed E-state index contributed by atoms with van der Waals surface area (Å²) >= 11 is 0. The number of halogens is 1. The molecule has 1 atom stereocenters. The third kappa shape index (κ3) is 4.62. The van der Waals surface area contributed by atoms with Crippen molar-refractivity contribution >= 4 is 29.9 Å². The van der Waals surface area contributed by atoms with Crippen LogP contribution >= 0.6 is 24.0 Å². The molecule has 1 saturated heterocycles. The average molecular weight is 480 g/mol. The maximum atomic E-state index is 4.50. The Morgan fingerprint density at radius 3 is 2.81 bits per heavy atom. The summed E-state index contributed by atoms with van der Waals surface area (Å²) in [6.07, 6.45) is 5.95. The Bertz CT molecular complexity index is 757. The van der Waals surface area contributed by atoms with Crippen molar-refractivity contribution in [3.8, 4) is 0 Å². The molecule has 1 aromatic carbocycles. The van der Waals surface area contributed by atoms with E-state index in [0.717, 1.165) is 43.7 Å². The van der Waals surface area contributed by atoms with Gasteiger partial charge in [0.2, 0.25) is 0 Å². The monoisotopic (exact) mass is 480 g/mol. The van der Waals surface area contributed by atoms with E-state index in [9.17, 15) is 0 Å². The number of hydrogen-bond donors (Lipinski definition) is 1. The predicted molar refractivity (Wildman–Crippen MR) is 119 cm³/mol. The number of rotatable bonds is 3. The van der Waals surface area contributed by atoms with Gasteiger partial charge in [-0.2, -0.15) is 0 Å². The van der Waals surface area contributed by atoms with E-state index in [2.05, 4.69) is 60.3 Å². The first-order chi connectivity index (χ1) is 12.8. The van der Waals surface area contributed by atoms with Crippen LogP contribution in [-0.2, 0) is 19.5 Å². The van der Waals surface area contributed by atoms with Gasteiger partial charge in [-0.3, -0.25) is 4.99 Å². The minimum Gasteiger partial charge on any atom is -0.349 e. The molecule has 2 aromatic rings. The highest BCUT2D eigenvalue weighted by Crippen LogP contribution is 2.26. The lowest BCUT2D eigenvalue weighted by atomic mass is 9.99. The lowest BCUT2D eigenvalue weighted by Crippen LogP contribution is -2.40. The number of benzene rings is 1. The van der Waals surface area contributed by atoms with Gasteiger partial charge < -0.3 is 14.8 Å². The summed E-state index contributed by atoms with van der Waals surface area (Å²) in [5.41, 5.74) is 1.42. The van der Waals surface area contributed by atoms with Gasteiger partial charge in [0.25, 0.3) is 0 Å². The minimum atomic E-state index is 0. The molecule has 0 radical (unpaired) electrons. The molecule has 2 aliphatic heterocycles. The molecule has 1 fully saturated rings. The van der Waals surface area contributed by atoms with Crippen molar-refractivity contribution < 1.29 is 0 Å². The Labute approximate surface area is 178 Å². The summed E-state index contributed by atoms with van der Waals surface area (Å²) in [6.45, 7) is 3.78. The van der Waals surface area contributed by atoms with Crippen LogP contribution in [-0.4, -0.2) is 45.8 Å². The highest BCUT2D eigenvalue weighted by molar-refractivity contribution is 14.0. The van der Waals surface area contributed by atoms with Crippen LogP contribution < -0.4 is 5.32 Å². The second kappa shape index (κ2) is 9.52. The summed E-state index contributed by atoms with van der Waals surface area (Å²) in [4.78, 5) is 6.86. The summed E-state index contributed by atoms with van der Waals surface area (Å²) < 4.78 is 2.30. The molecule has 7 heteroatoms. The van der Waals surface area contributed by atoms with Crippen molar-refractivity contribution in [3.63, 3.8) is 0 Å². The summed E-state index contributed by atoms with van der Waals surface area (Å²) in [5, 5.41) is 12.3. The van der Waals surface area contributed by atoms with Crippen molar-refractivity contribution in [2.45, 2.75) is 51.1 Å².